The van der Waals surface area contributed by atoms with Crippen LogP contribution in [0.1, 0.15) is 32.9 Å². The molecule has 2 aromatic rings. The summed E-state index contributed by atoms with van der Waals surface area (Å²) in [6, 6.07) is 5.39. The number of halogens is 1. The Morgan fingerprint density at radius 2 is 2.13 bits per heavy atom. The summed E-state index contributed by atoms with van der Waals surface area (Å²) in [5, 5.41) is 4.20. The van der Waals surface area contributed by atoms with Gasteiger partial charge in [0, 0.05) is 11.4 Å². The second-order valence-electron chi connectivity index (χ2n) is 5.41. The van der Waals surface area contributed by atoms with E-state index < -0.39 is 17.6 Å². The lowest BCUT2D eigenvalue weighted by molar-refractivity contribution is 0.100. The number of primary amides is 1. The summed E-state index contributed by atoms with van der Waals surface area (Å²) in [5.41, 5.74) is 5.85. The molecule has 3 rings (SSSR count). The van der Waals surface area contributed by atoms with E-state index in [-0.39, 0.29) is 5.56 Å². The highest BCUT2D eigenvalue weighted by Gasteiger charge is 2.23. The molecule has 1 saturated carbocycles. The van der Waals surface area contributed by atoms with Crippen molar-refractivity contribution in [3.8, 4) is 5.75 Å². The average Bonchev–Trinajstić information content (AvgIpc) is 3.20. The molecule has 1 fully saturated rings. The zero-order valence-corrected chi connectivity index (χ0v) is 13.0. The number of hydrogen-bond donors (Lipinski definition) is 2. The van der Waals surface area contributed by atoms with Crippen molar-refractivity contribution in [3.63, 3.8) is 0 Å². The number of benzene rings is 1. The summed E-state index contributed by atoms with van der Waals surface area (Å²) in [7, 11) is 0. The molecule has 2 amide bonds. The lowest BCUT2D eigenvalue weighted by Crippen LogP contribution is -2.13. The van der Waals surface area contributed by atoms with Gasteiger partial charge in [-0.1, -0.05) is 0 Å². The highest BCUT2D eigenvalue weighted by molar-refractivity contribution is 7.12. The van der Waals surface area contributed by atoms with E-state index in [0.29, 0.717) is 28.8 Å². The minimum Gasteiger partial charge on any atom is -0.491 e. The maximum atomic E-state index is 13.4. The molecule has 0 spiro atoms. The van der Waals surface area contributed by atoms with E-state index in [1.807, 2.05) is 0 Å². The van der Waals surface area contributed by atoms with Gasteiger partial charge in [-0.2, -0.15) is 0 Å². The van der Waals surface area contributed by atoms with Crippen LogP contribution in [0.2, 0.25) is 0 Å². The van der Waals surface area contributed by atoms with Gasteiger partial charge in [-0.3, -0.25) is 9.59 Å². The third kappa shape index (κ3) is 3.87. The van der Waals surface area contributed by atoms with Gasteiger partial charge in [-0.15, -0.1) is 11.3 Å². The maximum Gasteiger partial charge on any atom is 0.265 e. The van der Waals surface area contributed by atoms with Crippen molar-refractivity contribution in [1.82, 2.24) is 0 Å². The topological polar surface area (TPSA) is 81.4 Å². The number of nitrogens with one attached hydrogen (secondary N) is 1. The van der Waals surface area contributed by atoms with Crippen LogP contribution in [0.15, 0.2) is 29.6 Å². The Morgan fingerprint density at radius 1 is 1.35 bits per heavy atom. The molecule has 120 valence electrons. The molecule has 0 atom stereocenters. The normalized spacial score (nSPS) is 13.6. The van der Waals surface area contributed by atoms with Crippen LogP contribution < -0.4 is 15.8 Å². The van der Waals surface area contributed by atoms with Crippen molar-refractivity contribution in [1.29, 1.82) is 0 Å². The Kier molecular flexibility index (Phi) is 4.29. The summed E-state index contributed by atoms with van der Waals surface area (Å²) < 4.78 is 19.0. The van der Waals surface area contributed by atoms with Crippen molar-refractivity contribution in [2.24, 2.45) is 11.7 Å². The lowest BCUT2D eigenvalue weighted by Gasteiger charge is -2.12. The molecule has 1 aromatic heterocycles. The van der Waals surface area contributed by atoms with Crippen LogP contribution in [0.3, 0.4) is 0 Å². The largest absolute Gasteiger partial charge is 0.491 e. The van der Waals surface area contributed by atoms with E-state index in [1.165, 1.54) is 29.6 Å². The van der Waals surface area contributed by atoms with Crippen LogP contribution in [-0.4, -0.2) is 18.4 Å². The van der Waals surface area contributed by atoms with E-state index >= 15 is 0 Å². The molecule has 3 N–H and O–H groups in total. The van der Waals surface area contributed by atoms with Crippen LogP contribution >= 0.6 is 11.3 Å². The van der Waals surface area contributed by atoms with Gasteiger partial charge >= 0.3 is 0 Å². The first kappa shape index (κ1) is 15.5. The second kappa shape index (κ2) is 6.37. The molecule has 0 saturated heterocycles. The van der Waals surface area contributed by atoms with Gasteiger partial charge in [0.15, 0.2) is 0 Å². The fourth-order valence-electron chi connectivity index (χ4n) is 1.98. The minimum absolute atomic E-state index is 0.282. The quantitative estimate of drug-likeness (QED) is 0.852. The van der Waals surface area contributed by atoms with E-state index in [2.05, 4.69) is 5.32 Å². The van der Waals surface area contributed by atoms with Gasteiger partial charge in [0.2, 0.25) is 5.91 Å². The molecule has 1 heterocycles. The third-order valence-corrected chi connectivity index (χ3v) is 4.40. The monoisotopic (exact) mass is 334 g/mol. The molecule has 0 bridgehead atoms. The first-order valence-corrected chi connectivity index (χ1v) is 8.03. The first-order chi connectivity index (χ1) is 11.0. The van der Waals surface area contributed by atoms with Gasteiger partial charge in [0.05, 0.1) is 22.7 Å². The van der Waals surface area contributed by atoms with E-state index in [4.69, 9.17) is 10.5 Å². The number of anilines is 1. The lowest BCUT2D eigenvalue weighted by atomic mass is 10.2. The zero-order chi connectivity index (χ0) is 16.4. The Hall–Kier alpha value is -2.41. The molecule has 5 nitrogen and oxygen atoms in total. The molecule has 1 aliphatic rings. The fourth-order valence-corrected chi connectivity index (χ4v) is 2.77. The Morgan fingerprint density at radius 3 is 2.78 bits per heavy atom. The van der Waals surface area contributed by atoms with Gasteiger partial charge in [-0.25, -0.2) is 4.39 Å². The summed E-state index contributed by atoms with van der Waals surface area (Å²) in [6.45, 7) is 0.511. The van der Waals surface area contributed by atoms with E-state index in [9.17, 15) is 14.0 Å². The minimum atomic E-state index is -0.587. The molecule has 0 aliphatic heterocycles. The Bertz CT molecular complexity index is 756. The molecule has 23 heavy (non-hydrogen) atoms. The predicted octanol–water partition coefficient (Wildman–Crippen LogP) is 3.03. The van der Waals surface area contributed by atoms with Crippen molar-refractivity contribution >= 4 is 28.8 Å². The first-order valence-electron chi connectivity index (χ1n) is 7.15. The second-order valence-corrected chi connectivity index (χ2v) is 6.32. The van der Waals surface area contributed by atoms with Crippen LogP contribution in [0.5, 0.6) is 5.75 Å². The molecule has 1 aromatic carbocycles. The highest BCUT2D eigenvalue weighted by Crippen LogP contribution is 2.32. The maximum absolute atomic E-state index is 13.4. The van der Waals surface area contributed by atoms with Gasteiger partial charge < -0.3 is 15.8 Å². The number of ether oxygens (including phenoxy) is 1. The fraction of sp³-hybridized carbons (Fsp3) is 0.250. The van der Waals surface area contributed by atoms with Crippen molar-refractivity contribution in [3.05, 3.63) is 45.9 Å². The molecular formula is C16H15FN2O3S. The SMILES string of the molecule is NC(=O)c1csc(C(=O)Nc2ccc(F)cc2OCC2CC2)c1. The standard InChI is InChI=1S/C16H15FN2O3S/c17-11-3-4-12(13(6-11)22-7-9-1-2-9)19-16(21)14-5-10(8-23-14)15(18)20/h3-6,8-9H,1-2,7H2,(H2,18,20)(H,19,21). The predicted molar refractivity (Wildman–Crippen MR) is 85.4 cm³/mol. The van der Waals surface area contributed by atoms with Crippen LogP contribution in [0.25, 0.3) is 0 Å². The average molecular weight is 334 g/mol. The number of thiophene rings is 1. The molecule has 1 aliphatic carbocycles. The van der Waals surface area contributed by atoms with Crippen LogP contribution in [-0.2, 0) is 0 Å². The van der Waals surface area contributed by atoms with Crippen molar-refractivity contribution < 1.29 is 18.7 Å². The summed E-state index contributed by atoms with van der Waals surface area (Å²) >= 11 is 1.11. The van der Waals surface area contributed by atoms with E-state index in [0.717, 1.165) is 24.2 Å². The highest BCUT2D eigenvalue weighted by atomic mass is 32.1. The molecule has 7 heteroatoms. The molecular weight excluding hydrogens is 319 g/mol. The summed E-state index contributed by atoms with van der Waals surface area (Å²) in [4.78, 5) is 23.7. The number of hydrogen-bond acceptors (Lipinski definition) is 4. The summed E-state index contributed by atoms with van der Waals surface area (Å²) in [5.74, 6) is -0.601. The third-order valence-electron chi connectivity index (χ3n) is 3.47. The zero-order valence-electron chi connectivity index (χ0n) is 12.2. The number of carbonyl (C=O) groups excluding carboxylic acids is 2. The number of amides is 2. The van der Waals surface area contributed by atoms with Crippen LogP contribution in [0.4, 0.5) is 10.1 Å². The van der Waals surface area contributed by atoms with Gasteiger partial charge in [-0.05, 0) is 37.0 Å². The van der Waals surface area contributed by atoms with Gasteiger partial charge in [0.25, 0.3) is 5.91 Å². The summed E-state index contributed by atoms with van der Waals surface area (Å²) in [6.07, 6.45) is 2.23. The molecule has 0 unspecified atom stereocenters. The number of nitrogens with two attached hydrogens (primary N) is 1. The number of carbonyl (C=O) groups is 2. The smallest absolute Gasteiger partial charge is 0.265 e. The number of rotatable bonds is 6. The Labute approximate surface area is 136 Å². The Balaban J connectivity index is 1.74. The van der Waals surface area contributed by atoms with Crippen molar-refractivity contribution in [2.75, 3.05) is 11.9 Å². The van der Waals surface area contributed by atoms with Crippen molar-refractivity contribution in [2.45, 2.75) is 12.8 Å². The molecule has 0 radical (unpaired) electrons. The van der Waals surface area contributed by atoms with E-state index in [1.54, 1.807) is 0 Å². The van der Waals surface area contributed by atoms with Gasteiger partial charge in [0.1, 0.15) is 11.6 Å². The van der Waals surface area contributed by atoms with Crippen LogP contribution in [0, 0.1) is 11.7 Å².